The van der Waals surface area contributed by atoms with Crippen molar-refractivity contribution >= 4 is 17.5 Å². The molecular formula is C21H29ClN2O. The number of nitrogens with zero attached hydrogens (tertiary/aromatic N) is 1. The smallest absolute Gasteiger partial charge is 0.226 e. The number of hydrogen-bond donors (Lipinski definition) is 1. The average Bonchev–Trinajstić information content (AvgIpc) is 2.55. The summed E-state index contributed by atoms with van der Waals surface area (Å²) in [4.78, 5) is 15.3. The standard InChI is InChI=1S/C21H29ClN2O/c1-24(2)19(17-5-3-4-6-18(17)22)13-23-20(25)21-10-14-7-15(11-21)9-16(8-14)12-21/h3-6,14-16,19H,7-13H2,1-2H3,(H,23,25)/t14?,15?,16?,19-,21?/m1/s1. The number of carbonyl (C=O) groups excluding carboxylic acids is 1. The molecule has 4 aliphatic carbocycles. The predicted octanol–water partition coefficient (Wildman–Crippen LogP) is 4.28. The molecule has 0 spiro atoms. The summed E-state index contributed by atoms with van der Waals surface area (Å²) in [7, 11) is 4.09. The number of rotatable bonds is 5. The van der Waals surface area contributed by atoms with E-state index in [4.69, 9.17) is 11.6 Å². The number of amides is 1. The average molecular weight is 361 g/mol. The number of hydrogen-bond acceptors (Lipinski definition) is 2. The Balaban J connectivity index is 1.46. The minimum absolute atomic E-state index is 0.0773. The monoisotopic (exact) mass is 360 g/mol. The number of halogens is 1. The van der Waals surface area contributed by atoms with Gasteiger partial charge in [0.1, 0.15) is 0 Å². The van der Waals surface area contributed by atoms with Crippen molar-refractivity contribution in [3.63, 3.8) is 0 Å². The quantitative estimate of drug-likeness (QED) is 0.850. The third-order valence-electron chi connectivity index (χ3n) is 6.86. The van der Waals surface area contributed by atoms with Crippen molar-refractivity contribution in [1.29, 1.82) is 0 Å². The topological polar surface area (TPSA) is 32.3 Å². The lowest BCUT2D eigenvalue weighted by atomic mass is 9.49. The molecule has 5 rings (SSSR count). The van der Waals surface area contributed by atoms with Crippen LogP contribution in [-0.2, 0) is 4.79 Å². The van der Waals surface area contributed by atoms with Gasteiger partial charge in [-0.25, -0.2) is 0 Å². The van der Waals surface area contributed by atoms with Crippen LogP contribution >= 0.6 is 11.6 Å². The van der Waals surface area contributed by atoms with E-state index < -0.39 is 0 Å². The fraction of sp³-hybridized carbons (Fsp3) is 0.667. The number of carbonyl (C=O) groups is 1. The van der Waals surface area contributed by atoms with Crippen LogP contribution in [0, 0.1) is 23.2 Å². The molecule has 0 aliphatic heterocycles. The lowest BCUT2D eigenvalue weighted by molar-refractivity contribution is -0.146. The maximum absolute atomic E-state index is 13.2. The molecule has 0 radical (unpaired) electrons. The summed E-state index contributed by atoms with van der Waals surface area (Å²) in [5, 5.41) is 4.08. The number of likely N-dealkylation sites (N-methyl/N-ethyl adjacent to an activating group) is 1. The van der Waals surface area contributed by atoms with Gasteiger partial charge in [-0.15, -0.1) is 0 Å². The Hall–Kier alpha value is -1.06. The van der Waals surface area contributed by atoms with E-state index in [9.17, 15) is 4.79 Å². The lowest BCUT2D eigenvalue weighted by Crippen LogP contribution is -2.54. The molecule has 0 heterocycles. The largest absolute Gasteiger partial charge is 0.354 e. The Kier molecular flexibility index (Phi) is 4.57. The first-order chi connectivity index (χ1) is 12.0. The van der Waals surface area contributed by atoms with Gasteiger partial charge in [0, 0.05) is 17.0 Å². The zero-order chi connectivity index (χ0) is 17.6. The molecule has 1 aromatic rings. The summed E-state index contributed by atoms with van der Waals surface area (Å²) in [6.45, 7) is 0.622. The Labute approximate surface area is 156 Å². The van der Waals surface area contributed by atoms with Gasteiger partial charge in [-0.3, -0.25) is 4.79 Å². The molecule has 3 nitrogen and oxygen atoms in total. The van der Waals surface area contributed by atoms with E-state index >= 15 is 0 Å². The highest BCUT2D eigenvalue weighted by molar-refractivity contribution is 6.31. The molecule has 4 fully saturated rings. The van der Waals surface area contributed by atoms with Crippen LogP contribution in [0.2, 0.25) is 5.02 Å². The summed E-state index contributed by atoms with van der Waals surface area (Å²) >= 11 is 6.40. The molecule has 1 aromatic carbocycles. The van der Waals surface area contributed by atoms with Crippen LogP contribution in [0.3, 0.4) is 0 Å². The highest BCUT2D eigenvalue weighted by Gasteiger charge is 2.54. The first-order valence-corrected chi connectivity index (χ1v) is 10.0. The molecule has 4 saturated carbocycles. The van der Waals surface area contributed by atoms with E-state index in [1.54, 1.807) is 0 Å². The number of nitrogens with one attached hydrogen (secondary N) is 1. The molecular weight excluding hydrogens is 332 g/mol. The van der Waals surface area contributed by atoms with E-state index in [0.717, 1.165) is 47.6 Å². The van der Waals surface area contributed by atoms with Gasteiger partial charge in [-0.1, -0.05) is 29.8 Å². The summed E-state index contributed by atoms with van der Waals surface area (Å²) in [5.41, 5.74) is 1.01. The molecule has 1 N–H and O–H groups in total. The van der Waals surface area contributed by atoms with Crippen molar-refractivity contribution in [3.8, 4) is 0 Å². The maximum Gasteiger partial charge on any atom is 0.226 e. The molecule has 1 amide bonds. The van der Waals surface area contributed by atoms with Crippen molar-refractivity contribution in [2.45, 2.75) is 44.6 Å². The van der Waals surface area contributed by atoms with Gasteiger partial charge in [-0.2, -0.15) is 0 Å². The van der Waals surface area contributed by atoms with Gasteiger partial charge >= 0.3 is 0 Å². The maximum atomic E-state index is 13.2. The second-order valence-electron chi connectivity index (χ2n) is 8.91. The summed E-state index contributed by atoms with van der Waals surface area (Å²) in [5.74, 6) is 2.69. The van der Waals surface area contributed by atoms with Crippen molar-refractivity contribution in [2.24, 2.45) is 23.2 Å². The van der Waals surface area contributed by atoms with Crippen molar-refractivity contribution in [2.75, 3.05) is 20.6 Å². The predicted molar refractivity (Wildman–Crippen MR) is 101 cm³/mol. The number of benzene rings is 1. The van der Waals surface area contributed by atoms with Crippen molar-refractivity contribution in [1.82, 2.24) is 10.2 Å². The van der Waals surface area contributed by atoms with Crippen LogP contribution in [0.4, 0.5) is 0 Å². The van der Waals surface area contributed by atoms with Gasteiger partial charge < -0.3 is 10.2 Å². The van der Waals surface area contributed by atoms with Gasteiger partial charge in [-0.05, 0) is 82.0 Å². The second kappa shape index (κ2) is 6.59. The van der Waals surface area contributed by atoms with Gasteiger partial charge in [0.05, 0.1) is 6.04 Å². The fourth-order valence-corrected chi connectivity index (χ4v) is 6.34. The molecule has 136 valence electrons. The molecule has 0 aromatic heterocycles. The van der Waals surface area contributed by atoms with E-state index in [2.05, 4.69) is 16.3 Å². The van der Waals surface area contributed by atoms with Gasteiger partial charge in [0.25, 0.3) is 0 Å². The van der Waals surface area contributed by atoms with Crippen LogP contribution in [0.1, 0.15) is 50.1 Å². The third kappa shape index (κ3) is 3.21. The Morgan fingerprint density at radius 2 is 1.72 bits per heavy atom. The first-order valence-electron chi connectivity index (χ1n) is 9.66. The fourth-order valence-electron chi connectivity index (χ4n) is 6.08. The molecule has 25 heavy (non-hydrogen) atoms. The van der Waals surface area contributed by atoms with E-state index in [1.807, 2.05) is 32.3 Å². The van der Waals surface area contributed by atoms with E-state index in [-0.39, 0.29) is 11.5 Å². The van der Waals surface area contributed by atoms with E-state index in [1.165, 1.54) is 19.3 Å². The summed E-state index contributed by atoms with van der Waals surface area (Å²) in [6, 6.07) is 8.05. The summed E-state index contributed by atoms with van der Waals surface area (Å²) in [6.07, 6.45) is 7.45. The van der Waals surface area contributed by atoms with Crippen LogP contribution in [0.15, 0.2) is 24.3 Å². The summed E-state index contributed by atoms with van der Waals surface area (Å²) < 4.78 is 0. The minimum Gasteiger partial charge on any atom is -0.354 e. The molecule has 0 saturated heterocycles. The molecule has 0 unspecified atom stereocenters. The Morgan fingerprint density at radius 3 is 2.24 bits per heavy atom. The molecule has 4 bridgehead atoms. The van der Waals surface area contributed by atoms with E-state index in [0.29, 0.717) is 12.5 Å². The minimum atomic E-state index is -0.0773. The van der Waals surface area contributed by atoms with Crippen LogP contribution in [0.25, 0.3) is 0 Å². The highest BCUT2D eigenvalue weighted by atomic mass is 35.5. The first kappa shape index (κ1) is 17.4. The highest BCUT2D eigenvalue weighted by Crippen LogP contribution is 2.60. The molecule has 4 heteroatoms. The van der Waals surface area contributed by atoms with Crippen molar-refractivity contribution in [3.05, 3.63) is 34.9 Å². The van der Waals surface area contributed by atoms with Crippen molar-refractivity contribution < 1.29 is 4.79 Å². The van der Waals surface area contributed by atoms with Gasteiger partial charge in [0.15, 0.2) is 0 Å². The van der Waals surface area contributed by atoms with Crippen LogP contribution in [0.5, 0.6) is 0 Å². The van der Waals surface area contributed by atoms with Crippen LogP contribution < -0.4 is 5.32 Å². The SMILES string of the molecule is CN(C)[C@H](CNC(=O)C12CC3CC(CC(C3)C1)C2)c1ccccc1Cl. The Bertz CT molecular complexity index is 622. The zero-order valence-electron chi connectivity index (χ0n) is 15.3. The second-order valence-corrected chi connectivity index (χ2v) is 9.32. The van der Waals surface area contributed by atoms with Gasteiger partial charge in [0.2, 0.25) is 5.91 Å². The molecule has 1 atom stereocenters. The zero-order valence-corrected chi connectivity index (χ0v) is 16.1. The normalized spacial score (nSPS) is 34.3. The molecule has 4 aliphatic rings. The Morgan fingerprint density at radius 1 is 1.16 bits per heavy atom. The third-order valence-corrected chi connectivity index (χ3v) is 7.21. The lowest BCUT2D eigenvalue weighted by Gasteiger charge is -2.55. The van der Waals surface area contributed by atoms with Crippen LogP contribution in [-0.4, -0.2) is 31.4 Å².